The normalized spacial score (nSPS) is 16.9. The molecule has 23 heavy (non-hydrogen) atoms. The summed E-state index contributed by atoms with van der Waals surface area (Å²) in [5, 5.41) is 13.4. The summed E-state index contributed by atoms with van der Waals surface area (Å²) in [4.78, 5) is 29.3. The Morgan fingerprint density at radius 3 is 2.74 bits per heavy atom. The van der Waals surface area contributed by atoms with Crippen molar-refractivity contribution in [2.75, 3.05) is 0 Å². The van der Waals surface area contributed by atoms with E-state index in [0.717, 1.165) is 11.1 Å². The number of carboxylic acid groups (broad SMARTS) is 1. The van der Waals surface area contributed by atoms with E-state index in [1.54, 1.807) is 11.0 Å². The van der Waals surface area contributed by atoms with Gasteiger partial charge in [0.05, 0.1) is 0 Å². The minimum Gasteiger partial charge on any atom is -0.480 e. The Morgan fingerprint density at radius 2 is 2.04 bits per heavy atom. The zero-order chi connectivity index (χ0) is 16.2. The number of carbonyl (C=O) groups excluding carboxylic acids is 1. The lowest BCUT2D eigenvalue weighted by atomic mass is 9.93. The predicted octanol–water partition coefficient (Wildman–Crippen LogP) is 1.10. The molecular weight excluding hydrogens is 296 g/mol. The molecule has 1 atom stereocenters. The fraction of sp³-hybridized carbons (Fsp3) is 0.375. The number of aryl methyl sites for hydroxylation is 1. The molecule has 2 heterocycles. The number of fused-ring (bicyclic) bond motifs is 1. The van der Waals surface area contributed by atoms with Gasteiger partial charge in [0, 0.05) is 25.9 Å². The summed E-state index contributed by atoms with van der Waals surface area (Å²) in [5.74, 6) is -1.09. The van der Waals surface area contributed by atoms with Crippen molar-refractivity contribution in [3.8, 4) is 0 Å². The van der Waals surface area contributed by atoms with Crippen LogP contribution in [0, 0.1) is 0 Å². The van der Waals surface area contributed by atoms with Crippen LogP contribution in [0.15, 0.2) is 36.9 Å². The van der Waals surface area contributed by atoms with Gasteiger partial charge in [0.15, 0.2) is 0 Å². The van der Waals surface area contributed by atoms with Crippen LogP contribution in [0.5, 0.6) is 0 Å². The summed E-state index contributed by atoms with van der Waals surface area (Å²) < 4.78 is 1.66. The first-order valence-corrected chi connectivity index (χ1v) is 7.56. The predicted molar refractivity (Wildman–Crippen MR) is 81.4 cm³/mol. The first-order chi connectivity index (χ1) is 11.1. The van der Waals surface area contributed by atoms with Crippen LogP contribution in [0.25, 0.3) is 0 Å². The zero-order valence-electron chi connectivity index (χ0n) is 12.6. The van der Waals surface area contributed by atoms with Gasteiger partial charge in [-0.1, -0.05) is 24.3 Å². The SMILES string of the molecule is O=C(O)[C@H]1Cc2ccccc2CN1C(=O)CCCn1cncn1. The van der Waals surface area contributed by atoms with Crippen LogP contribution >= 0.6 is 0 Å². The Hall–Kier alpha value is -2.70. The molecule has 0 saturated carbocycles. The fourth-order valence-corrected chi connectivity index (χ4v) is 2.89. The van der Waals surface area contributed by atoms with Crippen molar-refractivity contribution in [2.45, 2.75) is 38.4 Å². The van der Waals surface area contributed by atoms with Crippen LogP contribution in [-0.2, 0) is 29.1 Å². The lowest BCUT2D eigenvalue weighted by Crippen LogP contribution is -2.48. The molecule has 0 radical (unpaired) electrons. The van der Waals surface area contributed by atoms with Gasteiger partial charge in [-0.15, -0.1) is 0 Å². The monoisotopic (exact) mass is 314 g/mol. The van der Waals surface area contributed by atoms with Crippen molar-refractivity contribution in [3.63, 3.8) is 0 Å². The molecule has 7 nitrogen and oxygen atoms in total. The highest BCUT2D eigenvalue weighted by atomic mass is 16.4. The molecule has 0 bridgehead atoms. The second kappa shape index (κ2) is 6.60. The third-order valence-corrected chi connectivity index (χ3v) is 4.10. The number of rotatable bonds is 5. The zero-order valence-corrected chi connectivity index (χ0v) is 12.6. The van der Waals surface area contributed by atoms with Crippen molar-refractivity contribution in [1.29, 1.82) is 0 Å². The number of benzene rings is 1. The first kappa shape index (κ1) is 15.2. The Balaban J connectivity index is 1.66. The summed E-state index contributed by atoms with van der Waals surface area (Å²) in [6, 6.07) is 6.89. The van der Waals surface area contributed by atoms with Crippen molar-refractivity contribution >= 4 is 11.9 Å². The number of aliphatic carboxylic acids is 1. The molecule has 0 unspecified atom stereocenters. The van der Waals surface area contributed by atoms with Gasteiger partial charge in [-0.2, -0.15) is 5.10 Å². The second-order valence-corrected chi connectivity index (χ2v) is 5.61. The Morgan fingerprint density at radius 1 is 1.26 bits per heavy atom. The summed E-state index contributed by atoms with van der Waals surface area (Å²) in [6.45, 7) is 0.948. The maximum Gasteiger partial charge on any atom is 0.326 e. The van der Waals surface area contributed by atoms with Crippen LogP contribution in [-0.4, -0.2) is 42.7 Å². The van der Waals surface area contributed by atoms with Gasteiger partial charge in [0.25, 0.3) is 0 Å². The van der Waals surface area contributed by atoms with E-state index in [1.165, 1.54) is 11.2 Å². The largest absolute Gasteiger partial charge is 0.480 e. The Bertz CT molecular complexity index is 699. The fourth-order valence-electron chi connectivity index (χ4n) is 2.89. The van der Waals surface area contributed by atoms with Crippen molar-refractivity contribution < 1.29 is 14.7 Å². The van der Waals surface area contributed by atoms with Gasteiger partial charge < -0.3 is 10.0 Å². The average Bonchev–Trinajstić information content (AvgIpc) is 3.06. The van der Waals surface area contributed by atoms with E-state index in [1.807, 2.05) is 24.3 Å². The molecule has 0 saturated heterocycles. The lowest BCUT2D eigenvalue weighted by molar-refractivity contribution is -0.151. The number of hydrogen-bond acceptors (Lipinski definition) is 4. The molecule has 0 fully saturated rings. The highest BCUT2D eigenvalue weighted by Crippen LogP contribution is 2.24. The standard InChI is InChI=1S/C16H18N4O3/c21-15(6-3-7-19-11-17-10-18-19)20-9-13-5-2-1-4-12(13)8-14(20)16(22)23/h1-2,4-5,10-11,14H,3,6-9H2,(H,22,23)/t14-/m1/s1. The average molecular weight is 314 g/mol. The first-order valence-electron chi connectivity index (χ1n) is 7.56. The summed E-state index contributed by atoms with van der Waals surface area (Å²) >= 11 is 0. The molecule has 0 aliphatic carbocycles. The molecule has 1 aliphatic heterocycles. The Labute approximate surface area is 133 Å². The number of nitrogens with zero attached hydrogens (tertiary/aromatic N) is 4. The quantitative estimate of drug-likeness (QED) is 0.892. The van der Waals surface area contributed by atoms with Crippen LogP contribution < -0.4 is 0 Å². The topological polar surface area (TPSA) is 88.3 Å². The van der Waals surface area contributed by atoms with E-state index in [4.69, 9.17) is 0 Å². The summed E-state index contributed by atoms with van der Waals surface area (Å²) in [7, 11) is 0. The summed E-state index contributed by atoms with van der Waals surface area (Å²) in [6.07, 6.45) is 4.31. The van der Waals surface area contributed by atoms with E-state index < -0.39 is 12.0 Å². The molecule has 1 amide bonds. The van der Waals surface area contributed by atoms with E-state index in [-0.39, 0.29) is 5.91 Å². The van der Waals surface area contributed by atoms with Gasteiger partial charge in [0.1, 0.15) is 18.7 Å². The molecular formula is C16H18N4O3. The smallest absolute Gasteiger partial charge is 0.326 e. The Kier molecular flexibility index (Phi) is 4.36. The van der Waals surface area contributed by atoms with Gasteiger partial charge in [-0.25, -0.2) is 9.78 Å². The van der Waals surface area contributed by atoms with Gasteiger partial charge in [0.2, 0.25) is 5.91 Å². The molecule has 0 spiro atoms. The molecule has 120 valence electrons. The molecule has 1 N–H and O–H groups in total. The van der Waals surface area contributed by atoms with E-state index in [2.05, 4.69) is 10.1 Å². The number of amides is 1. The maximum absolute atomic E-state index is 12.5. The van der Waals surface area contributed by atoms with E-state index in [9.17, 15) is 14.7 Å². The maximum atomic E-state index is 12.5. The highest BCUT2D eigenvalue weighted by Gasteiger charge is 2.33. The molecule has 1 aromatic heterocycles. The third kappa shape index (κ3) is 3.39. The van der Waals surface area contributed by atoms with Crippen LogP contribution in [0.1, 0.15) is 24.0 Å². The number of aromatic nitrogens is 3. The highest BCUT2D eigenvalue weighted by molar-refractivity contribution is 5.84. The van der Waals surface area contributed by atoms with Gasteiger partial charge in [-0.3, -0.25) is 9.48 Å². The van der Waals surface area contributed by atoms with Crippen LogP contribution in [0.3, 0.4) is 0 Å². The van der Waals surface area contributed by atoms with Gasteiger partial charge in [-0.05, 0) is 17.5 Å². The minimum absolute atomic E-state index is 0.132. The number of hydrogen-bond donors (Lipinski definition) is 1. The van der Waals surface area contributed by atoms with Crippen LogP contribution in [0.4, 0.5) is 0 Å². The van der Waals surface area contributed by atoms with Crippen molar-refractivity contribution in [1.82, 2.24) is 19.7 Å². The number of carbonyl (C=O) groups is 2. The second-order valence-electron chi connectivity index (χ2n) is 5.61. The lowest BCUT2D eigenvalue weighted by Gasteiger charge is -2.34. The van der Waals surface area contributed by atoms with Crippen molar-refractivity contribution in [3.05, 3.63) is 48.0 Å². The van der Waals surface area contributed by atoms with Gasteiger partial charge >= 0.3 is 5.97 Å². The molecule has 7 heteroatoms. The number of carboxylic acids is 1. The minimum atomic E-state index is -0.955. The molecule has 1 aliphatic rings. The van der Waals surface area contributed by atoms with E-state index >= 15 is 0 Å². The third-order valence-electron chi connectivity index (χ3n) is 4.10. The van der Waals surface area contributed by atoms with Crippen molar-refractivity contribution in [2.24, 2.45) is 0 Å². The molecule has 1 aromatic carbocycles. The van der Waals surface area contributed by atoms with Crippen LogP contribution in [0.2, 0.25) is 0 Å². The molecule has 3 rings (SSSR count). The molecule has 2 aromatic rings. The summed E-state index contributed by atoms with van der Waals surface area (Å²) in [5.41, 5.74) is 2.03. The van der Waals surface area contributed by atoms with E-state index in [0.29, 0.717) is 32.4 Å².